The molecule has 0 aromatic heterocycles. The molecule has 0 unspecified atom stereocenters. The minimum Gasteiger partial charge on any atom is -0.375 e. The number of nitrogens with zero attached hydrogens (tertiary/aromatic N) is 1. The van der Waals surface area contributed by atoms with Crippen LogP contribution in [0.3, 0.4) is 0 Å². The zero-order chi connectivity index (χ0) is 9.26. The lowest BCUT2D eigenvalue weighted by atomic mass is 9.95. The van der Waals surface area contributed by atoms with Crippen molar-refractivity contribution in [3.05, 3.63) is 34.9 Å². The molecule has 1 aliphatic rings. The van der Waals surface area contributed by atoms with Gasteiger partial charge in [-0.15, -0.1) is 0 Å². The number of hydrogen-bond acceptors (Lipinski definition) is 3. The van der Waals surface area contributed by atoms with Gasteiger partial charge in [-0.1, -0.05) is 12.1 Å². The molecule has 1 aromatic rings. The number of hydrogen-bond donors (Lipinski definition) is 1. The number of nitrogens with two attached hydrogens (primary N) is 1. The first kappa shape index (κ1) is 8.24. The van der Waals surface area contributed by atoms with Crippen molar-refractivity contribution < 1.29 is 4.74 Å². The maximum atomic E-state index is 8.87. The molecule has 1 aliphatic heterocycles. The lowest BCUT2D eigenvalue weighted by Gasteiger charge is -2.23. The monoisotopic (exact) mass is 174 g/mol. The van der Waals surface area contributed by atoms with Crippen LogP contribution >= 0.6 is 0 Å². The van der Waals surface area contributed by atoms with E-state index in [0.29, 0.717) is 18.8 Å². The van der Waals surface area contributed by atoms with E-state index in [0.717, 1.165) is 11.1 Å². The highest BCUT2D eigenvalue weighted by Gasteiger charge is 2.19. The van der Waals surface area contributed by atoms with Crippen LogP contribution in [0.5, 0.6) is 0 Å². The molecule has 0 amide bonds. The van der Waals surface area contributed by atoms with Gasteiger partial charge in [-0.05, 0) is 17.2 Å². The van der Waals surface area contributed by atoms with E-state index in [1.807, 2.05) is 12.1 Å². The molecule has 2 N–H and O–H groups in total. The van der Waals surface area contributed by atoms with Crippen molar-refractivity contribution in [2.75, 3.05) is 6.61 Å². The third-order valence-electron chi connectivity index (χ3n) is 2.24. The van der Waals surface area contributed by atoms with Gasteiger partial charge in [0.1, 0.15) is 0 Å². The number of benzene rings is 1. The van der Waals surface area contributed by atoms with Crippen LogP contribution in [0.25, 0.3) is 0 Å². The SMILES string of the molecule is N#Cc1cccc2c1[C@@H](N)COC2. The van der Waals surface area contributed by atoms with E-state index in [1.165, 1.54) is 0 Å². The molecule has 0 spiro atoms. The van der Waals surface area contributed by atoms with Crippen molar-refractivity contribution >= 4 is 0 Å². The highest BCUT2D eigenvalue weighted by atomic mass is 16.5. The van der Waals surface area contributed by atoms with Gasteiger partial charge in [0.15, 0.2) is 0 Å². The third kappa shape index (κ3) is 1.31. The second-order valence-electron chi connectivity index (χ2n) is 3.11. The Balaban J connectivity index is 2.58. The van der Waals surface area contributed by atoms with Gasteiger partial charge in [0.2, 0.25) is 0 Å². The molecule has 66 valence electrons. The first-order valence-electron chi connectivity index (χ1n) is 4.18. The molecule has 3 heteroatoms. The average molecular weight is 174 g/mol. The van der Waals surface area contributed by atoms with Gasteiger partial charge in [0.05, 0.1) is 30.9 Å². The Morgan fingerprint density at radius 3 is 3.15 bits per heavy atom. The van der Waals surface area contributed by atoms with E-state index in [9.17, 15) is 0 Å². The van der Waals surface area contributed by atoms with Crippen molar-refractivity contribution in [1.29, 1.82) is 5.26 Å². The van der Waals surface area contributed by atoms with Crippen LogP contribution in [0, 0.1) is 11.3 Å². The molecule has 0 fully saturated rings. The van der Waals surface area contributed by atoms with Gasteiger partial charge in [-0.25, -0.2) is 0 Å². The van der Waals surface area contributed by atoms with E-state index < -0.39 is 0 Å². The van der Waals surface area contributed by atoms with E-state index in [-0.39, 0.29) is 6.04 Å². The molecule has 0 bridgehead atoms. The minimum atomic E-state index is -0.153. The van der Waals surface area contributed by atoms with Gasteiger partial charge in [0, 0.05) is 0 Å². The molecular formula is C10H10N2O. The summed E-state index contributed by atoms with van der Waals surface area (Å²) in [6.45, 7) is 1.07. The number of nitriles is 1. The zero-order valence-electron chi connectivity index (χ0n) is 7.16. The predicted octanol–water partition coefficient (Wildman–Crippen LogP) is 1.09. The normalized spacial score (nSPS) is 20.5. The highest BCUT2D eigenvalue weighted by Crippen LogP contribution is 2.25. The fourth-order valence-corrected chi connectivity index (χ4v) is 1.65. The van der Waals surface area contributed by atoms with Crippen LogP contribution in [0.1, 0.15) is 22.7 Å². The number of fused-ring (bicyclic) bond motifs is 1. The summed E-state index contributed by atoms with van der Waals surface area (Å²) in [4.78, 5) is 0. The predicted molar refractivity (Wildman–Crippen MR) is 47.7 cm³/mol. The summed E-state index contributed by atoms with van der Waals surface area (Å²) in [5.41, 5.74) is 8.52. The number of rotatable bonds is 0. The second kappa shape index (κ2) is 3.17. The molecular weight excluding hydrogens is 164 g/mol. The molecule has 0 radical (unpaired) electrons. The minimum absolute atomic E-state index is 0.153. The lowest BCUT2D eigenvalue weighted by Crippen LogP contribution is -2.24. The quantitative estimate of drug-likeness (QED) is 0.640. The van der Waals surface area contributed by atoms with Crippen molar-refractivity contribution in [2.24, 2.45) is 5.73 Å². The van der Waals surface area contributed by atoms with Crippen molar-refractivity contribution in [1.82, 2.24) is 0 Å². The Hall–Kier alpha value is -1.37. The van der Waals surface area contributed by atoms with Crippen LogP contribution in [0.4, 0.5) is 0 Å². The Bertz CT molecular complexity index is 368. The van der Waals surface area contributed by atoms with Gasteiger partial charge in [0.25, 0.3) is 0 Å². The zero-order valence-corrected chi connectivity index (χ0v) is 7.16. The number of ether oxygens (including phenoxy) is 1. The smallest absolute Gasteiger partial charge is 0.0995 e. The van der Waals surface area contributed by atoms with E-state index in [2.05, 4.69) is 6.07 Å². The lowest BCUT2D eigenvalue weighted by molar-refractivity contribution is 0.0923. The Labute approximate surface area is 76.7 Å². The molecule has 13 heavy (non-hydrogen) atoms. The maximum Gasteiger partial charge on any atom is 0.0995 e. The summed E-state index contributed by atoms with van der Waals surface area (Å²) in [5.74, 6) is 0. The third-order valence-corrected chi connectivity index (χ3v) is 2.24. The summed E-state index contributed by atoms with van der Waals surface area (Å²) in [6.07, 6.45) is 0. The fourth-order valence-electron chi connectivity index (χ4n) is 1.65. The summed E-state index contributed by atoms with van der Waals surface area (Å²) in [5, 5.41) is 8.87. The standard InChI is InChI=1S/C10H10N2O/c11-4-7-2-1-3-8-5-13-6-9(12)10(7)8/h1-3,9H,5-6,12H2/t9-/m0/s1. The largest absolute Gasteiger partial charge is 0.375 e. The summed E-state index contributed by atoms with van der Waals surface area (Å²) in [6, 6.07) is 7.61. The summed E-state index contributed by atoms with van der Waals surface area (Å²) in [7, 11) is 0. The molecule has 1 atom stereocenters. The molecule has 0 saturated heterocycles. The van der Waals surface area contributed by atoms with E-state index in [4.69, 9.17) is 15.7 Å². The van der Waals surface area contributed by atoms with Crippen LogP contribution in [-0.4, -0.2) is 6.61 Å². The molecule has 3 nitrogen and oxygen atoms in total. The topological polar surface area (TPSA) is 59.0 Å². The van der Waals surface area contributed by atoms with Crippen LogP contribution in [0.2, 0.25) is 0 Å². The first-order valence-corrected chi connectivity index (χ1v) is 4.18. The molecule has 1 heterocycles. The molecule has 1 aromatic carbocycles. The fraction of sp³-hybridized carbons (Fsp3) is 0.300. The summed E-state index contributed by atoms with van der Waals surface area (Å²) < 4.78 is 5.27. The van der Waals surface area contributed by atoms with Crippen LogP contribution < -0.4 is 5.73 Å². The van der Waals surface area contributed by atoms with Gasteiger partial charge >= 0.3 is 0 Å². The van der Waals surface area contributed by atoms with Crippen molar-refractivity contribution in [3.63, 3.8) is 0 Å². The molecule has 2 rings (SSSR count). The van der Waals surface area contributed by atoms with Gasteiger partial charge < -0.3 is 10.5 Å². The van der Waals surface area contributed by atoms with Crippen molar-refractivity contribution in [2.45, 2.75) is 12.6 Å². The molecule has 0 saturated carbocycles. The van der Waals surface area contributed by atoms with Crippen molar-refractivity contribution in [3.8, 4) is 6.07 Å². The van der Waals surface area contributed by atoms with E-state index >= 15 is 0 Å². The highest BCUT2D eigenvalue weighted by molar-refractivity contribution is 5.45. The Morgan fingerprint density at radius 1 is 1.54 bits per heavy atom. The van der Waals surface area contributed by atoms with Gasteiger partial charge in [-0.3, -0.25) is 0 Å². The second-order valence-corrected chi connectivity index (χ2v) is 3.11. The molecule has 0 aliphatic carbocycles. The van der Waals surface area contributed by atoms with Gasteiger partial charge in [-0.2, -0.15) is 5.26 Å². The van der Waals surface area contributed by atoms with E-state index in [1.54, 1.807) is 6.07 Å². The summed E-state index contributed by atoms with van der Waals surface area (Å²) >= 11 is 0. The average Bonchev–Trinajstić information content (AvgIpc) is 2.17. The maximum absolute atomic E-state index is 8.87. The Morgan fingerprint density at radius 2 is 2.38 bits per heavy atom. The van der Waals surface area contributed by atoms with Crippen LogP contribution in [-0.2, 0) is 11.3 Å². The first-order chi connectivity index (χ1) is 6.33. The van der Waals surface area contributed by atoms with Crippen LogP contribution in [0.15, 0.2) is 18.2 Å². The Kier molecular flexibility index (Phi) is 2.01.